The first-order chi connectivity index (χ1) is 11.9. The van der Waals surface area contributed by atoms with Crippen LogP contribution in [0.4, 0.5) is 10.5 Å². The monoisotopic (exact) mass is 364 g/mol. The highest BCUT2D eigenvalue weighted by Gasteiger charge is 2.52. The van der Waals surface area contributed by atoms with Crippen LogP contribution in [0.15, 0.2) is 18.2 Å². The molecule has 1 heterocycles. The first-order valence-corrected chi connectivity index (χ1v) is 8.75. The molecule has 0 atom stereocenters. The zero-order valence-electron chi connectivity index (χ0n) is 14.0. The van der Waals surface area contributed by atoms with Crippen LogP contribution in [0.25, 0.3) is 0 Å². The van der Waals surface area contributed by atoms with Gasteiger partial charge in [-0.1, -0.05) is 36.9 Å². The van der Waals surface area contributed by atoms with E-state index < -0.39 is 17.5 Å². The van der Waals surface area contributed by atoms with E-state index in [0.29, 0.717) is 23.6 Å². The van der Waals surface area contributed by atoms with Gasteiger partial charge in [-0.05, 0) is 37.5 Å². The number of carbonyl (C=O) groups is 3. The summed E-state index contributed by atoms with van der Waals surface area (Å²) in [6, 6.07) is 4.85. The summed E-state index contributed by atoms with van der Waals surface area (Å²) < 4.78 is 0. The molecule has 2 fully saturated rings. The van der Waals surface area contributed by atoms with Crippen molar-refractivity contribution >= 4 is 35.1 Å². The number of carbonyl (C=O) groups excluding carboxylic acids is 3. The second-order valence-corrected chi connectivity index (χ2v) is 6.99. The second kappa shape index (κ2) is 6.92. The molecule has 0 unspecified atom stereocenters. The molecule has 1 spiro atoms. The van der Waals surface area contributed by atoms with E-state index >= 15 is 0 Å². The summed E-state index contributed by atoms with van der Waals surface area (Å²) in [7, 11) is 0. The van der Waals surface area contributed by atoms with E-state index in [-0.39, 0.29) is 12.5 Å². The van der Waals surface area contributed by atoms with Gasteiger partial charge in [0.2, 0.25) is 0 Å². The lowest BCUT2D eigenvalue weighted by atomic mass is 9.82. The van der Waals surface area contributed by atoms with Gasteiger partial charge in [0.05, 0.1) is 17.3 Å². The van der Waals surface area contributed by atoms with Crippen molar-refractivity contribution in [1.29, 1.82) is 0 Å². The van der Waals surface area contributed by atoms with E-state index in [0.717, 1.165) is 29.8 Å². The third kappa shape index (κ3) is 3.56. The Morgan fingerprint density at radius 3 is 2.68 bits per heavy atom. The minimum Gasteiger partial charge on any atom is -0.375 e. The van der Waals surface area contributed by atoms with Crippen molar-refractivity contribution in [3.8, 4) is 0 Å². The van der Waals surface area contributed by atoms with Gasteiger partial charge >= 0.3 is 6.03 Å². The van der Waals surface area contributed by atoms with Crippen LogP contribution < -0.4 is 16.1 Å². The molecule has 1 aliphatic heterocycles. The maximum atomic E-state index is 12.6. The zero-order chi connectivity index (χ0) is 18.0. The normalized spacial score (nSPS) is 19.0. The summed E-state index contributed by atoms with van der Waals surface area (Å²) in [5.41, 5.74) is 3.15. The molecule has 1 aromatic rings. The van der Waals surface area contributed by atoms with Gasteiger partial charge < -0.3 is 10.6 Å². The van der Waals surface area contributed by atoms with Crippen molar-refractivity contribution in [3.05, 3.63) is 28.8 Å². The molecule has 3 N–H and O–H groups in total. The van der Waals surface area contributed by atoms with Crippen LogP contribution in [0.5, 0.6) is 0 Å². The largest absolute Gasteiger partial charge is 0.375 e. The van der Waals surface area contributed by atoms with Gasteiger partial charge in [-0.2, -0.15) is 5.01 Å². The van der Waals surface area contributed by atoms with Gasteiger partial charge in [-0.25, -0.2) is 4.79 Å². The Balaban J connectivity index is 1.59. The number of nitrogens with zero attached hydrogens (tertiary/aromatic N) is 1. The van der Waals surface area contributed by atoms with Crippen LogP contribution in [-0.4, -0.2) is 34.9 Å². The highest BCUT2D eigenvalue weighted by atomic mass is 35.5. The Morgan fingerprint density at radius 2 is 2.00 bits per heavy atom. The van der Waals surface area contributed by atoms with Crippen molar-refractivity contribution in [2.45, 2.75) is 44.6 Å². The molecule has 0 aromatic heterocycles. The number of nitrogens with one attached hydrogen (secondary N) is 3. The topological polar surface area (TPSA) is 90.5 Å². The maximum Gasteiger partial charge on any atom is 0.344 e. The van der Waals surface area contributed by atoms with Crippen LogP contribution in [-0.2, 0) is 9.59 Å². The molecule has 1 aromatic carbocycles. The summed E-state index contributed by atoms with van der Waals surface area (Å²) in [5, 5.41) is 6.95. The van der Waals surface area contributed by atoms with Crippen LogP contribution in [0.3, 0.4) is 0 Å². The number of anilines is 1. The fourth-order valence-electron chi connectivity index (χ4n) is 3.32. The molecule has 3 rings (SSSR count). The first-order valence-electron chi connectivity index (χ1n) is 8.37. The molecule has 7 nitrogen and oxygen atoms in total. The molecule has 25 heavy (non-hydrogen) atoms. The van der Waals surface area contributed by atoms with E-state index in [1.54, 1.807) is 12.1 Å². The molecule has 0 radical (unpaired) electrons. The molecule has 8 heteroatoms. The number of urea groups is 1. The smallest absolute Gasteiger partial charge is 0.344 e. The number of hydrogen-bond acceptors (Lipinski definition) is 4. The summed E-state index contributed by atoms with van der Waals surface area (Å²) in [6.07, 6.45) is 4.06. The van der Waals surface area contributed by atoms with Crippen LogP contribution in [0, 0.1) is 6.92 Å². The molecular formula is C17H21ClN4O3. The molecule has 1 saturated heterocycles. The highest BCUT2D eigenvalue weighted by Crippen LogP contribution is 2.33. The van der Waals surface area contributed by atoms with Gasteiger partial charge in [-0.15, -0.1) is 0 Å². The Labute approximate surface area is 151 Å². The Bertz CT molecular complexity index is 716. The molecule has 4 amide bonds. The molecular weight excluding hydrogens is 344 g/mol. The predicted octanol–water partition coefficient (Wildman–Crippen LogP) is 2.35. The summed E-state index contributed by atoms with van der Waals surface area (Å²) in [6.45, 7) is 1.81. The Morgan fingerprint density at radius 1 is 1.28 bits per heavy atom. The highest BCUT2D eigenvalue weighted by molar-refractivity contribution is 6.33. The maximum absolute atomic E-state index is 12.6. The molecule has 1 aliphatic carbocycles. The fourth-order valence-corrected chi connectivity index (χ4v) is 3.62. The van der Waals surface area contributed by atoms with Crippen LogP contribution >= 0.6 is 11.6 Å². The number of halogens is 1. The van der Waals surface area contributed by atoms with E-state index in [1.165, 1.54) is 0 Å². The van der Waals surface area contributed by atoms with Gasteiger partial charge in [0, 0.05) is 0 Å². The van der Waals surface area contributed by atoms with E-state index in [2.05, 4.69) is 16.1 Å². The SMILES string of the molecule is Cc1ccc(NCC(=O)NN2C(=O)NC3(CCCCC3)C2=O)c(Cl)c1. The number of amides is 4. The number of hydrogen-bond donors (Lipinski definition) is 3. The van der Waals surface area contributed by atoms with Gasteiger partial charge in [0.1, 0.15) is 5.54 Å². The molecule has 1 saturated carbocycles. The summed E-state index contributed by atoms with van der Waals surface area (Å²) in [5.74, 6) is -0.869. The van der Waals surface area contributed by atoms with Gasteiger partial charge in [0.25, 0.3) is 11.8 Å². The standard InChI is InChI=1S/C17H21ClN4O3/c1-11-5-6-13(12(18)9-11)19-10-14(23)21-22-15(24)17(20-16(22)25)7-3-2-4-8-17/h5-6,9,19H,2-4,7-8,10H2,1H3,(H,20,25)(H,21,23). The third-order valence-electron chi connectivity index (χ3n) is 4.67. The molecule has 134 valence electrons. The molecule has 2 aliphatic rings. The van der Waals surface area contributed by atoms with Gasteiger partial charge in [-0.3, -0.25) is 15.0 Å². The van der Waals surface area contributed by atoms with Crippen LogP contribution in [0.2, 0.25) is 5.02 Å². The third-order valence-corrected chi connectivity index (χ3v) is 4.98. The summed E-state index contributed by atoms with van der Waals surface area (Å²) >= 11 is 6.10. The zero-order valence-corrected chi connectivity index (χ0v) is 14.8. The Hall–Kier alpha value is -2.28. The number of aryl methyl sites for hydroxylation is 1. The fraction of sp³-hybridized carbons (Fsp3) is 0.471. The Kier molecular flexibility index (Phi) is 4.85. The van der Waals surface area contributed by atoms with Gasteiger partial charge in [0.15, 0.2) is 0 Å². The summed E-state index contributed by atoms with van der Waals surface area (Å²) in [4.78, 5) is 36.8. The number of imide groups is 1. The average Bonchev–Trinajstić information content (AvgIpc) is 2.79. The minimum atomic E-state index is -0.851. The molecule has 0 bridgehead atoms. The second-order valence-electron chi connectivity index (χ2n) is 6.59. The number of hydrazine groups is 1. The van der Waals surface area contributed by atoms with E-state index in [9.17, 15) is 14.4 Å². The lowest BCUT2D eigenvalue weighted by Crippen LogP contribution is -2.51. The van der Waals surface area contributed by atoms with Crippen molar-refractivity contribution in [2.24, 2.45) is 0 Å². The minimum absolute atomic E-state index is 0.104. The average molecular weight is 365 g/mol. The van der Waals surface area contributed by atoms with E-state index in [4.69, 9.17) is 11.6 Å². The lowest BCUT2D eigenvalue weighted by molar-refractivity contribution is -0.139. The lowest BCUT2D eigenvalue weighted by Gasteiger charge is -2.30. The number of rotatable bonds is 4. The first kappa shape index (κ1) is 17.5. The number of benzene rings is 1. The van der Waals surface area contributed by atoms with Crippen LogP contribution in [0.1, 0.15) is 37.7 Å². The quantitative estimate of drug-likeness (QED) is 0.715. The predicted molar refractivity (Wildman–Crippen MR) is 94.0 cm³/mol. The van der Waals surface area contributed by atoms with Crippen molar-refractivity contribution in [2.75, 3.05) is 11.9 Å². The van der Waals surface area contributed by atoms with Crippen molar-refractivity contribution in [1.82, 2.24) is 15.8 Å². The van der Waals surface area contributed by atoms with E-state index in [1.807, 2.05) is 13.0 Å². The van der Waals surface area contributed by atoms with Crippen molar-refractivity contribution < 1.29 is 14.4 Å². The van der Waals surface area contributed by atoms with Crippen molar-refractivity contribution in [3.63, 3.8) is 0 Å².